The Bertz CT molecular complexity index is 786. The van der Waals surface area contributed by atoms with Gasteiger partial charge >= 0.3 is 0 Å². The normalized spacial score (nSPS) is 11.7. The number of likely N-dealkylation sites (N-methyl/N-ethyl adjacent to an activating group) is 1. The Hall–Kier alpha value is -1.95. The van der Waals surface area contributed by atoms with Gasteiger partial charge in [0.25, 0.3) is 0 Å². The molecule has 0 unspecified atom stereocenters. The van der Waals surface area contributed by atoms with E-state index in [1.807, 2.05) is 18.2 Å². The number of aromatic hydroxyl groups is 1. The molecule has 0 saturated heterocycles. The van der Waals surface area contributed by atoms with Crippen LogP contribution in [0.3, 0.4) is 0 Å². The first-order chi connectivity index (χ1) is 11.6. The molecule has 5 heteroatoms. The molecule has 1 N–H and O–H groups in total. The van der Waals surface area contributed by atoms with Gasteiger partial charge in [0.05, 0.1) is 5.69 Å². The van der Waals surface area contributed by atoms with E-state index < -0.39 is 0 Å². The molecule has 0 fully saturated rings. The summed E-state index contributed by atoms with van der Waals surface area (Å²) in [6, 6.07) is 11.8. The number of hydrogen-bond acceptors (Lipinski definition) is 5. The third-order valence-corrected chi connectivity index (χ3v) is 4.72. The van der Waals surface area contributed by atoms with Gasteiger partial charge in [-0.05, 0) is 48.6 Å². The van der Waals surface area contributed by atoms with Crippen molar-refractivity contribution in [2.75, 3.05) is 27.2 Å². The second-order valence-electron chi connectivity index (χ2n) is 6.30. The molecule has 2 aromatic heterocycles. The number of phenolic OH excluding ortho intramolecular Hbond substituents is 1. The van der Waals surface area contributed by atoms with Crippen LogP contribution in [-0.2, 0) is 13.1 Å². The summed E-state index contributed by atoms with van der Waals surface area (Å²) in [5.41, 5.74) is 3.00. The van der Waals surface area contributed by atoms with Gasteiger partial charge in [-0.2, -0.15) is 11.3 Å². The maximum Gasteiger partial charge on any atom is 0.141 e. The zero-order valence-electron chi connectivity index (χ0n) is 14.1. The lowest BCUT2D eigenvalue weighted by Gasteiger charge is -2.23. The van der Waals surface area contributed by atoms with Crippen molar-refractivity contribution in [2.24, 2.45) is 0 Å². The molecule has 0 aliphatic heterocycles. The molecule has 1 aromatic carbocycles. The van der Waals surface area contributed by atoms with Crippen LogP contribution in [0.15, 0.2) is 47.2 Å². The maximum absolute atomic E-state index is 10.0. The van der Waals surface area contributed by atoms with E-state index in [4.69, 9.17) is 0 Å². The Kier molecular flexibility index (Phi) is 5.45. The summed E-state index contributed by atoms with van der Waals surface area (Å²) in [7, 11) is 4.18. The van der Waals surface area contributed by atoms with Crippen molar-refractivity contribution < 1.29 is 5.11 Å². The van der Waals surface area contributed by atoms with Crippen LogP contribution in [0.25, 0.3) is 10.9 Å². The summed E-state index contributed by atoms with van der Waals surface area (Å²) in [6.07, 6.45) is 0. The molecule has 2 heterocycles. The predicted octanol–water partition coefficient (Wildman–Crippen LogP) is 3.57. The highest BCUT2D eigenvalue weighted by molar-refractivity contribution is 7.07. The molecule has 3 aromatic rings. The Balaban J connectivity index is 1.79. The van der Waals surface area contributed by atoms with E-state index in [0.717, 1.165) is 37.3 Å². The van der Waals surface area contributed by atoms with Gasteiger partial charge in [0, 0.05) is 31.6 Å². The quantitative estimate of drug-likeness (QED) is 0.713. The monoisotopic (exact) mass is 341 g/mol. The first-order valence-electron chi connectivity index (χ1n) is 8.07. The summed E-state index contributed by atoms with van der Waals surface area (Å²) in [4.78, 5) is 9.26. The Morgan fingerprint density at radius 3 is 2.67 bits per heavy atom. The third-order valence-electron chi connectivity index (χ3n) is 3.99. The van der Waals surface area contributed by atoms with E-state index in [0.29, 0.717) is 5.52 Å². The number of rotatable bonds is 7. The Morgan fingerprint density at radius 1 is 1.04 bits per heavy atom. The number of para-hydroxylation sites is 1. The van der Waals surface area contributed by atoms with Gasteiger partial charge in [-0.15, -0.1) is 0 Å². The Labute approximate surface area is 147 Å². The molecule has 0 amide bonds. The lowest BCUT2D eigenvalue weighted by atomic mass is 10.2. The van der Waals surface area contributed by atoms with E-state index in [-0.39, 0.29) is 5.75 Å². The summed E-state index contributed by atoms with van der Waals surface area (Å²) in [5.74, 6) is 0.243. The van der Waals surface area contributed by atoms with Crippen LogP contribution < -0.4 is 0 Å². The van der Waals surface area contributed by atoms with Crippen molar-refractivity contribution >= 4 is 22.2 Å². The van der Waals surface area contributed by atoms with Gasteiger partial charge in [0.2, 0.25) is 0 Å². The van der Waals surface area contributed by atoms with Crippen LogP contribution >= 0.6 is 11.3 Å². The topological polar surface area (TPSA) is 39.6 Å². The summed E-state index contributed by atoms with van der Waals surface area (Å²) >= 11 is 1.73. The van der Waals surface area contributed by atoms with Gasteiger partial charge in [-0.1, -0.05) is 18.2 Å². The molecular weight excluding hydrogens is 318 g/mol. The van der Waals surface area contributed by atoms with Gasteiger partial charge in [0.1, 0.15) is 11.3 Å². The minimum Gasteiger partial charge on any atom is -0.506 e. The minimum atomic E-state index is 0.243. The molecule has 0 aliphatic rings. The number of nitrogens with zero attached hydrogens (tertiary/aromatic N) is 3. The minimum absolute atomic E-state index is 0.243. The zero-order valence-corrected chi connectivity index (χ0v) is 15.0. The van der Waals surface area contributed by atoms with Crippen LogP contribution in [0.4, 0.5) is 0 Å². The van der Waals surface area contributed by atoms with Crippen molar-refractivity contribution in [1.29, 1.82) is 0 Å². The van der Waals surface area contributed by atoms with Gasteiger partial charge in [0.15, 0.2) is 0 Å². The number of phenols is 1. The molecule has 0 spiro atoms. The van der Waals surface area contributed by atoms with Gasteiger partial charge in [-0.25, -0.2) is 4.98 Å². The van der Waals surface area contributed by atoms with E-state index in [1.165, 1.54) is 5.56 Å². The first kappa shape index (κ1) is 16.9. The number of benzene rings is 1. The summed E-state index contributed by atoms with van der Waals surface area (Å²) in [5, 5.41) is 15.3. The van der Waals surface area contributed by atoms with E-state index in [1.54, 1.807) is 17.4 Å². The smallest absolute Gasteiger partial charge is 0.141 e. The highest BCUT2D eigenvalue weighted by Crippen LogP contribution is 2.23. The second-order valence-corrected chi connectivity index (χ2v) is 7.08. The third kappa shape index (κ3) is 4.32. The van der Waals surface area contributed by atoms with E-state index in [2.05, 4.69) is 51.8 Å². The van der Waals surface area contributed by atoms with Crippen LogP contribution in [0, 0.1) is 0 Å². The fourth-order valence-electron chi connectivity index (χ4n) is 2.69. The molecule has 0 bridgehead atoms. The van der Waals surface area contributed by atoms with Crippen LogP contribution in [0.2, 0.25) is 0 Å². The SMILES string of the molecule is CN(C)CCN(Cc1ccsc1)Cc1ccc2cccc(O)c2n1. The van der Waals surface area contributed by atoms with Crippen LogP contribution in [0.5, 0.6) is 5.75 Å². The second kappa shape index (κ2) is 7.75. The maximum atomic E-state index is 10.0. The molecule has 0 atom stereocenters. The molecular formula is C19H23N3OS. The predicted molar refractivity (Wildman–Crippen MR) is 100 cm³/mol. The average Bonchev–Trinajstić information content (AvgIpc) is 3.06. The molecule has 0 saturated carbocycles. The van der Waals surface area contributed by atoms with Crippen molar-refractivity contribution in [2.45, 2.75) is 13.1 Å². The van der Waals surface area contributed by atoms with Gasteiger partial charge in [-0.3, -0.25) is 4.90 Å². The number of fused-ring (bicyclic) bond motifs is 1. The van der Waals surface area contributed by atoms with E-state index in [9.17, 15) is 5.11 Å². The molecule has 4 nitrogen and oxygen atoms in total. The average molecular weight is 341 g/mol. The standard InChI is InChI=1S/C19H23N3OS/c1-21(2)9-10-22(12-15-8-11-24-14-15)13-17-7-6-16-4-3-5-18(23)19(16)20-17/h3-8,11,14,23H,9-10,12-13H2,1-2H3. The zero-order chi connectivity index (χ0) is 16.9. The molecule has 0 aliphatic carbocycles. The van der Waals surface area contributed by atoms with Crippen molar-refractivity contribution in [3.63, 3.8) is 0 Å². The van der Waals surface area contributed by atoms with Crippen molar-refractivity contribution in [3.05, 3.63) is 58.4 Å². The Morgan fingerprint density at radius 2 is 1.92 bits per heavy atom. The lowest BCUT2D eigenvalue weighted by Crippen LogP contribution is -2.31. The largest absolute Gasteiger partial charge is 0.506 e. The summed E-state index contributed by atoms with van der Waals surface area (Å²) in [6.45, 7) is 3.66. The summed E-state index contributed by atoms with van der Waals surface area (Å²) < 4.78 is 0. The number of pyridine rings is 1. The molecule has 24 heavy (non-hydrogen) atoms. The van der Waals surface area contributed by atoms with E-state index >= 15 is 0 Å². The van der Waals surface area contributed by atoms with Crippen molar-refractivity contribution in [1.82, 2.24) is 14.8 Å². The number of hydrogen-bond donors (Lipinski definition) is 1. The fraction of sp³-hybridized carbons (Fsp3) is 0.316. The fourth-order valence-corrected chi connectivity index (χ4v) is 3.35. The highest BCUT2D eigenvalue weighted by atomic mass is 32.1. The lowest BCUT2D eigenvalue weighted by molar-refractivity contribution is 0.224. The molecule has 0 radical (unpaired) electrons. The molecule has 126 valence electrons. The van der Waals surface area contributed by atoms with Crippen LogP contribution in [0.1, 0.15) is 11.3 Å². The number of aromatic nitrogens is 1. The van der Waals surface area contributed by atoms with Gasteiger partial charge < -0.3 is 10.0 Å². The number of thiophene rings is 1. The highest BCUT2D eigenvalue weighted by Gasteiger charge is 2.10. The van der Waals surface area contributed by atoms with Crippen LogP contribution in [-0.4, -0.2) is 47.1 Å². The first-order valence-corrected chi connectivity index (χ1v) is 9.02. The molecule has 3 rings (SSSR count). The van der Waals surface area contributed by atoms with Crippen molar-refractivity contribution in [3.8, 4) is 5.75 Å².